The van der Waals surface area contributed by atoms with Crippen molar-refractivity contribution in [1.29, 1.82) is 0 Å². The zero-order chi connectivity index (χ0) is 7.02. The predicted molar refractivity (Wildman–Crippen MR) is 43.7 cm³/mol. The molecule has 1 aliphatic rings. The van der Waals surface area contributed by atoms with Gasteiger partial charge in [-0.25, -0.2) is 0 Å². The first-order chi connectivity index (χ1) is 4.13. The van der Waals surface area contributed by atoms with E-state index in [9.17, 15) is 0 Å². The number of hydrogen-bond donors (Lipinski definition) is 0. The van der Waals surface area contributed by atoms with E-state index in [-0.39, 0.29) is 0 Å². The van der Waals surface area contributed by atoms with E-state index >= 15 is 0 Å². The Balaban J connectivity index is 2.97. The molecule has 1 aliphatic heterocycles. The van der Waals surface area contributed by atoms with Gasteiger partial charge in [0.1, 0.15) is 0 Å². The number of rotatable bonds is 0. The minimum atomic E-state index is -0.603. The Kier molecular flexibility index (Phi) is 1.86. The van der Waals surface area contributed by atoms with Crippen molar-refractivity contribution in [2.75, 3.05) is 0 Å². The molecule has 1 heterocycles. The molecule has 0 aliphatic carbocycles. The summed E-state index contributed by atoms with van der Waals surface area (Å²) in [4.78, 5) is 2.47. The predicted octanol–water partition coefficient (Wildman–Crippen LogP) is 2.49. The van der Waals surface area contributed by atoms with Crippen LogP contribution in [0.2, 0.25) is 5.71 Å². The Morgan fingerprint density at radius 2 is 1.78 bits per heavy atom. The third kappa shape index (κ3) is 1.14. The summed E-state index contributed by atoms with van der Waals surface area (Å²) < 4.78 is 1.68. The van der Waals surface area contributed by atoms with E-state index in [1.165, 1.54) is 5.57 Å². The molecular formula is C8H13As. The second-order valence-electron chi connectivity index (χ2n) is 2.63. The van der Waals surface area contributed by atoms with Crippen molar-refractivity contribution >= 4 is 14.7 Å². The summed E-state index contributed by atoms with van der Waals surface area (Å²) in [5.74, 6) is 0. The Bertz CT molecular complexity index is 187. The van der Waals surface area contributed by atoms with Crippen molar-refractivity contribution in [2.24, 2.45) is 0 Å². The summed E-state index contributed by atoms with van der Waals surface area (Å²) in [6.45, 7) is 6.73. The third-order valence-corrected chi connectivity index (χ3v) is 6.60. The van der Waals surface area contributed by atoms with E-state index < -0.39 is 14.7 Å². The molecule has 0 bridgehead atoms. The summed E-state index contributed by atoms with van der Waals surface area (Å²) in [5, 5.41) is 0. The fourth-order valence-electron chi connectivity index (χ4n) is 1.03. The summed E-state index contributed by atoms with van der Waals surface area (Å²) in [5.41, 5.74) is 5.47. The van der Waals surface area contributed by atoms with Gasteiger partial charge in [-0.05, 0) is 0 Å². The van der Waals surface area contributed by atoms with Crippen LogP contribution in [0, 0.1) is 0 Å². The average Bonchev–Trinajstić information content (AvgIpc) is 1.98. The van der Waals surface area contributed by atoms with Crippen molar-refractivity contribution in [3.05, 3.63) is 20.4 Å². The van der Waals surface area contributed by atoms with Crippen LogP contribution in [-0.2, 0) is 0 Å². The van der Waals surface area contributed by atoms with E-state index in [0.29, 0.717) is 0 Å². The summed E-state index contributed by atoms with van der Waals surface area (Å²) in [6.07, 6.45) is 0. The molecule has 0 aromatic carbocycles. The van der Waals surface area contributed by atoms with Gasteiger partial charge in [0.2, 0.25) is 0 Å². The molecule has 9 heavy (non-hydrogen) atoms. The maximum absolute atomic E-state index is 2.47. The molecule has 0 radical (unpaired) electrons. The van der Waals surface area contributed by atoms with Gasteiger partial charge in [0.15, 0.2) is 0 Å². The van der Waals surface area contributed by atoms with Crippen LogP contribution >= 0.6 is 0 Å². The molecule has 0 nitrogen and oxygen atoms in total. The molecule has 0 saturated carbocycles. The first-order valence-electron chi connectivity index (χ1n) is 3.22. The van der Waals surface area contributed by atoms with Crippen LogP contribution in [0.3, 0.4) is 0 Å². The van der Waals surface area contributed by atoms with Gasteiger partial charge < -0.3 is 0 Å². The Labute approximate surface area is 61.9 Å². The third-order valence-electron chi connectivity index (χ3n) is 2.05. The van der Waals surface area contributed by atoms with Crippen LogP contribution in [0.4, 0.5) is 0 Å². The van der Waals surface area contributed by atoms with E-state index in [2.05, 4.69) is 31.3 Å². The molecule has 1 heteroatoms. The average molecular weight is 184 g/mol. The van der Waals surface area contributed by atoms with Gasteiger partial charge >= 0.3 is 61.5 Å². The number of allylic oxidation sites excluding steroid dienone is 3. The quantitative estimate of drug-likeness (QED) is 0.507. The van der Waals surface area contributed by atoms with E-state index in [1.807, 2.05) is 0 Å². The first kappa shape index (κ1) is 7.15. The van der Waals surface area contributed by atoms with Crippen molar-refractivity contribution in [3.8, 4) is 0 Å². The molecule has 0 spiro atoms. The topological polar surface area (TPSA) is 0 Å². The maximum atomic E-state index is 2.47. The van der Waals surface area contributed by atoms with E-state index in [4.69, 9.17) is 0 Å². The van der Waals surface area contributed by atoms with E-state index in [1.54, 1.807) is 9.93 Å². The van der Waals surface area contributed by atoms with E-state index in [0.717, 1.165) is 0 Å². The fraction of sp³-hybridized carbons (Fsp3) is 0.500. The van der Waals surface area contributed by atoms with Gasteiger partial charge in [-0.2, -0.15) is 0 Å². The zero-order valence-electron chi connectivity index (χ0n) is 6.52. The molecule has 0 saturated heterocycles. The number of hydrogen-bond acceptors (Lipinski definition) is 0. The second kappa shape index (κ2) is 2.34. The molecule has 1 rings (SSSR count). The van der Waals surface area contributed by atoms with Gasteiger partial charge in [0.05, 0.1) is 0 Å². The van der Waals surface area contributed by atoms with Crippen LogP contribution in [0.5, 0.6) is 0 Å². The van der Waals surface area contributed by atoms with Gasteiger partial charge in [-0.3, -0.25) is 0 Å². The van der Waals surface area contributed by atoms with Crippen LogP contribution in [-0.4, -0.2) is 14.7 Å². The standard InChI is InChI=1S/C8H13As/c1-6-5-9(4)8(3)7(6)2/h5H,1-4H3. The second-order valence-corrected chi connectivity index (χ2v) is 7.15. The fourth-order valence-corrected chi connectivity index (χ4v) is 4.55. The molecule has 0 aromatic heterocycles. The molecule has 1 unspecified atom stereocenters. The van der Waals surface area contributed by atoms with Gasteiger partial charge in [0, 0.05) is 0 Å². The monoisotopic (exact) mass is 184 g/mol. The molecule has 1 atom stereocenters. The Morgan fingerprint density at radius 1 is 1.22 bits per heavy atom. The molecule has 50 valence electrons. The van der Waals surface area contributed by atoms with Gasteiger partial charge in [-0.15, -0.1) is 0 Å². The van der Waals surface area contributed by atoms with Crippen LogP contribution in [0.25, 0.3) is 0 Å². The van der Waals surface area contributed by atoms with Crippen molar-refractivity contribution < 1.29 is 0 Å². The van der Waals surface area contributed by atoms with Crippen molar-refractivity contribution in [1.82, 2.24) is 0 Å². The molecule has 0 aromatic rings. The first-order valence-corrected chi connectivity index (χ1v) is 7.12. The molecular weight excluding hydrogens is 171 g/mol. The van der Waals surface area contributed by atoms with Crippen LogP contribution in [0.1, 0.15) is 20.8 Å². The minimum absolute atomic E-state index is 0.603. The Morgan fingerprint density at radius 3 is 1.89 bits per heavy atom. The summed E-state index contributed by atoms with van der Waals surface area (Å²) >= 11 is -0.603. The molecule has 0 fully saturated rings. The van der Waals surface area contributed by atoms with Crippen LogP contribution < -0.4 is 0 Å². The van der Waals surface area contributed by atoms with Gasteiger partial charge in [-0.1, -0.05) is 0 Å². The summed E-state index contributed by atoms with van der Waals surface area (Å²) in [7, 11) is 0. The normalized spacial score (nSPS) is 27.1. The summed E-state index contributed by atoms with van der Waals surface area (Å²) in [6, 6.07) is 0. The Hall–Kier alpha value is 0.0384. The van der Waals surface area contributed by atoms with Crippen LogP contribution in [0.15, 0.2) is 20.4 Å². The molecule has 0 amide bonds. The zero-order valence-corrected chi connectivity index (χ0v) is 8.40. The molecule has 0 N–H and O–H groups in total. The SMILES string of the molecule is CC1=C[As](C)C(C)=C1C. The van der Waals surface area contributed by atoms with Gasteiger partial charge in [0.25, 0.3) is 0 Å². The van der Waals surface area contributed by atoms with Crippen molar-refractivity contribution in [2.45, 2.75) is 26.5 Å². The van der Waals surface area contributed by atoms with Crippen molar-refractivity contribution in [3.63, 3.8) is 0 Å².